The highest BCUT2D eigenvalue weighted by molar-refractivity contribution is 5.89. The quantitative estimate of drug-likeness (QED) is 0.680. The van der Waals surface area contributed by atoms with Gasteiger partial charge in [0.1, 0.15) is 0 Å². The Balaban J connectivity index is 3.07. The standard InChI is InChI=1S/C9H13N3O4/c1-12(16-4)9(13)8-10-6(14-2)5-7(11-8)15-3/h5H,1-4H3. The SMILES string of the molecule is COc1cc(OC)nc(C(=O)N(C)OC)n1. The Labute approximate surface area is 92.9 Å². The van der Waals surface area contributed by atoms with Gasteiger partial charge in [0, 0.05) is 7.05 Å². The zero-order valence-electron chi connectivity index (χ0n) is 9.55. The highest BCUT2D eigenvalue weighted by Crippen LogP contribution is 2.15. The smallest absolute Gasteiger partial charge is 0.315 e. The van der Waals surface area contributed by atoms with Crippen LogP contribution in [-0.2, 0) is 4.84 Å². The minimum Gasteiger partial charge on any atom is -0.481 e. The number of carbonyl (C=O) groups excluding carboxylic acids is 1. The molecule has 0 radical (unpaired) electrons. The Bertz CT molecular complexity index is 361. The van der Waals surface area contributed by atoms with Gasteiger partial charge in [-0.25, -0.2) is 5.06 Å². The van der Waals surface area contributed by atoms with E-state index in [-0.39, 0.29) is 17.6 Å². The second-order valence-electron chi connectivity index (χ2n) is 2.76. The van der Waals surface area contributed by atoms with Crippen molar-refractivity contribution >= 4 is 5.91 Å². The van der Waals surface area contributed by atoms with Crippen LogP contribution < -0.4 is 9.47 Å². The molecule has 7 heteroatoms. The van der Waals surface area contributed by atoms with Gasteiger partial charge in [0.2, 0.25) is 17.6 Å². The van der Waals surface area contributed by atoms with E-state index < -0.39 is 5.91 Å². The zero-order chi connectivity index (χ0) is 12.1. The van der Waals surface area contributed by atoms with E-state index in [2.05, 4.69) is 9.97 Å². The number of rotatable bonds is 4. The summed E-state index contributed by atoms with van der Waals surface area (Å²) >= 11 is 0. The second kappa shape index (κ2) is 5.26. The van der Waals surface area contributed by atoms with Crippen molar-refractivity contribution in [2.75, 3.05) is 28.4 Å². The van der Waals surface area contributed by atoms with Crippen molar-refractivity contribution < 1.29 is 19.1 Å². The molecule has 1 heterocycles. The van der Waals surface area contributed by atoms with Gasteiger partial charge in [0.15, 0.2) is 0 Å². The molecule has 16 heavy (non-hydrogen) atoms. The summed E-state index contributed by atoms with van der Waals surface area (Å²) in [7, 11) is 5.71. The Morgan fingerprint density at radius 2 is 1.69 bits per heavy atom. The molecular weight excluding hydrogens is 214 g/mol. The molecule has 88 valence electrons. The van der Waals surface area contributed by atoms with Gasteiger partial charge in [-0.15, -0.1) is 0 Å². The summed E-state index contributed by atoms with van der Waals surface area (Å²) < 4.78 is 9.84. The van der Waals surface area contributed by atoms with Crippen LogP contribution in [0.25, 0.3) is 0 Å². The lowest BCUT2D eigenvalue weighted by atomic mass is 10.5. The van der Waals surface area contributed by atoms with E-state index in [1.807, 2.05) is 0 Å². The molecule has 0 aliphatic heterocycles. The monoisotopic (exact) mass is 227 g/mol. The molecule has 7 nitrogen and oxygen atoms in total. The van der Waals surface area contributed by atoms with E-state index in [9.17, 15) is 4.79 Å². The van der Waals surface area contributed by atoms with Crippen molar-refractivity contribution in [3.8, 4) is 11.8 Å². The van der Waals surface area contributed by atoms with Crippen LogP contribution >= 0.6 is 0 Å². The number of aromatic nitrogens is 2. The topological polar surface area (TPSA) is 73.8 Å². The van der Waals surface area contributed by atoms with Crippen molar-refractivity contribution in [2.45, 2.75) is 0 Å². The Morgan fingerprint density at radius 1 is 1.19 bits per heavy atom. The van der Waals surface area contributed by atoms with E-state index in [0.717, 1.165) is 5.06 Å². The number of hydroxylamine groups is 2. The number of ether oxygens (including phenoxy) is 2. The van der Waals surface area contributed by atoms with Gasteiger partial charge in [-0.1, -0.05) is 0 Å². The molecule has 0 aliphatic carbocycles. The minimum absolute atomic E-state index is 0.0550. The number of methoxy groups -OCH3 is 2. The maximum absolute atomic E-state index is 11.7. The fourth-order valence-electron chi connectivity index (χ4n) is 0.932. The molecular formula is C9H13N3O4. The van der Waals surface area contributed by atoms with Crippen LogP contribution in [-0.4, -0.2) is 49.3 Å². The van der Waals surface area contributed by atoms with Gasteiger partial charge < -0.3 is 9.47 Å². The molecule has 0 aromatic carbocycles. The van der Waals surface area contributed by atoms with Gasteiger partial charge in [-0.3, -0.25) is 9.63 Å². The summed E-state index contributed by atoms with van der Waals surface area (Å²) in [6.45, 7) is 0. The van der Waals surface area contributed by atoms with E-state index in [0.29, 0.717) is 0 Å². The molecule has 0 unspecified atom stereocenters. The van der Waals surface area contributed by atoms with Crippen LogP contribution in [0.5, 0.6) is 11.8 Å². The summed E-state index contributed by atoms with van der Waals surface area (Å²) in [5, 5.41) is 1.01. The molecule has 0 fully saturated rings. The van der Waals surface area contributed by atoms with E-state index in [1.165, 1.54) is 34.4 Å². The Morgan fingerprint density at radius 3 is 2.06 bits per heavy atom. The fourth-order valence-corrected chi connectivity index (χ4v) is 0.932. The average molecular weight is 227 g/mol. The molecule has 0 atom stereocenters. The van der Waals surface area contributed by atoms with Crippen molar-refractivity contribution in [1.29, 1.82) is 0 Å². The van der Waals surface area contributed by atoms with E-state index in [4.69, 9.17) is 14.3 Å². The second-order valence-corrected chi connectivity index (χ2v) is 2.76. The van der Waals surface area contributed by atoms with Crippen LogP contribution in [0.4, 0.5) is 0 Å². The van der Waals surface area contributed by atoms with Crippen LogP contribution in [0.15, 0.2) is 6.07 Å². The minimum atomic E-state index is -0.486. The molecule has 1 amide bonds. The highest BCUT2D eigenvalue weighted by atomic mass is 16.7. The maximum atomic E-state index is 11.7. The Kier molecular flexibility index (Phi) is 4.01. The molecule has 0 bridgehead atoms. The maximum Gasteiger partial charge on any atom is 0.315 e. The molecule has 0 saturated heterocycles. The van der Waals surface area contributed by atoms with E-state index in [1.54, 1.807) is 0 Å². The largest absolute Gasteiger partial charge is 0.481 e. The van der Waals surface area contributed by atoms with Gasteiger partial charge in [0.25, 0.3) is 0 Å². The van der Waals surface area contributed by atoms with Crippen LogP contribution in [0.1, 0.15) is 10.6 Å². The number of carbonyl (C=O) groups is 1. The first kappa shape index (κ1) is 12.2. The first-order valence-electron chi connectivity index (χ1n) is 4.41. The van der Waals surface area contributed by atoms with Gasteiger partial charge in [-0.2, -0.15) is 9.97 Å². The predicted molar refractivity (Wildman–Crippen MR) is 54.2 cm³/mol. The fraction of sp³-hybridized carbons (Fsp3) is 0.444. The van der Waals surface area contributed by atoms with Crippen molar-refractivity contribution in [1.82, 2.24) is 15.0 Å². The van der Waals surface area contributed by atoms with Gasteiger partial charge >= 0.3 is 5.91 Å². The average Bonchev–Trinajstić information content (AvgIpc) is 2.35. The van der Waals surface area contributed by atoms with E-state index >= 15 is 0 Å². The lowest BCUT2D eigenvalue weighted by Gasteiger charge is -2.13. The summed E-state index contributed by atoms with van der Waals surface area (Å²) in [4.78, 5) is 24.2. The number of hydrogen-bond acceptors (Lipinski definition) is 6. The lowest BCUT2D eigenvalue weighted by molar-refractivity contribution is -0.0765. The molecule has 1 rings (SSSR count). The summed E-state index contributed by atoms with van der Waals surface area (Å²) in [6, 6.07) is 1.48. The third kappa shape index (κ3) is 2.57. The van der Waals surface area contributed by atoms with Crippen molar-refractivity contribution in [2.24, 2.45) is 0 Å². The molecule has 0 saturated carbocycles. The van der Waals surface area contributed by atoms with Crippen molar-refractivity contribution in [3.05, 3.63) is 11.9 Å². The van der Waals surface area contributed by atoms with Gasteiger partial charge in [-0.05, 0) is 0 Å². The number of nitrogens with zero attached hydrogens (tertiary/aromatic N) is 3. The zero-order valence-corrected chi connectivity index (χ0v) is 9.55. The molecule has 1 aromatic rings. The first-order chi connectivity index (χ1) is 7.62. The Hall–Kier alpha value is -1.89. The summed E-state index contributed by atoms with van der Waals surface area (Å²) in [6.07, 6.45) is 0. The van der Waals surface area contributed by atoms with Crippen molar-refractivity contribution in [3.63, 3.8) is 0 Å². The predicted octanol–water partition coefficient (Wildman–Crippen LogP) is 0.127. The highest BCUT2D eigenvalue weighted by Gasteiger charge is 2.17. The number of hydrogen-bond donors (Lipinski definition) is 0. The third-order valence-electron chi connectivity index (χ3n) is 1.85. The first-order valence-corrected chi connectivity index (χ1v) is 4.41. The van der Waals surface area contributed by atoms with Crippen LogP contribution in [0.2, 0.25) is 0 Å². The summed E-state index contributed by atoms with van der Waals surface area (Å²) in [5.74, 6) is -0.0420. The molecule has 1 aromatic heterocycles. The van der Waals surface area contributed by atoms with Crippen LogP contribution in [0, 0.1) is 0 Å². The summed E-state index contributed by atoms with van der Waals surface area (Å²) in [5.41, 5.74) is 0. The molecule has 0 aliphatic rings. The third-order valence-corrected chi connectivity index (χ3v) is 1.85. The molecule has 0 N–H and O–H groups in total. The van der Waals surface area contributed by atoms with Crippen LogP contribution in [0.3, 0.4) is 0 Å². The lowest BCUT2D eigenvalue weighted by Crippen LogP contribution is -2.27. The van der Waals surface area contributed by atoms with Gasteiger partial charge in [0.05, 0.1) is 27.4 Å². The number of amides is 1. The normalized spacial score (nSPS) is 9.75. The molecule has 0 spiro atoms.